The van der Waals surface area contributed by atoms with E-state index in [1.165, 1.54) is 0 Å². The summed E-state index contributed by atoms with van der Waals surface area (Å²) in [4.78, 5) is 2.21. The van der Waals surface area contributed by atoms with Gasteiger partial charge in [0.1, 0.15) is 17.1 Å². The van der Waals surface area contributed by atoms with Crippen molar-refractivity contribution in [3.05, 3.63) is 53.6 Å². The van der Waals surface area contributed by atoms with Crippen molar-refractivity contribution < 1.29 is 9.84 Å². The Hall–Kier alpha value is -2.67. The smallest absolute Gasteiger partial charge is 0.143 e. The van der Waals surface area contributed by atoms with Gasteiger partial charge in [0.05, 0.1) is 23.9 Å². The first-order valence-electron chi connectivity index (χ1n) is 8.36. The van der Waals surface area contributed by atoms with Crippen molar-refractivity contribution >= 4 is 5.69 Å². The first kappa shape index (κ1) is 16.2. The van der Waals surface area contributed by atoms with Crippen LogP contribution in [0.15, 0.2) is 42.5 Å². The summed E-state index contributed by atoms with van der Waals surface area (Å²) in [6.07, 6.45) is 1.81. The fourth-order valence-corrected chi connectivity index (χ4v) is 3.27. The summed E-state index contributed by atoms with van der Waals surface area (Å²) in [6.45, 7) is 5.62. The highest BCUT2D eigenvalue weighted by Crippen LogP contribution is 2.42. The number of ether oxygens (including phenoxy) is 1. The first-order chi connectivity index (χ1) is 11.6. The van der Waals surface area contributed by atoms with Crippen LogP contribution in [0.3, 0.4) is 0 Å². The van der Waals surface area contributed by atoms with Crippen molar-refractivity contribution in [3.63, 3.8) is 0 Å². The second-order valence-corrected chi connectivity index (χ2v) is 6.27. The van der Waals surface area contributed by atoms with Gasteiger partial charge in [-0.05, 0) is 36.6 Å². The summed E-state index contributed by atoms with van der Waals surface area (Å²) in [6, 6.07) is 15.1. The summed E-state index contributed by atoms with van der Waals surface area (Å²) in [7, 11) is 0. The van der Waals surface area contributed by atoms with Crippen LogP contribution in [0.2, 0.25) is 0 Å². The highest BCUT2D eigenvalue weighted by atomic mass is 16.5. The van der Waals surface area contributed by atoms with Crippen LogP contribution in [-0.4, -0.2) is 17.3 Å². The number of phenolic OH excluding ortho intramolecular Hbond substituents is 1. The number of fused-ring (bicyclic) bond motifs is 1. The van der Waals surface area contributed by atoms with E-state index in [4.69, 9.17) is 4.74 Å². The fraction of sp³-hybridized carbons (Fsp3) is 0.350. The molecule has 124 valence electrons. The average molecular weight is 322 g/mol. The molecule has 3 rings (SSSR count). The Balaban J connectivity index is 2.02. The average Bonchev–Trinajstić information content (AvgIpc) is 2.62. The second kappa shape index (κ2) is 6.45. The lowest BCUT2D eigenvalue weighted by Crippen LogP contribution is -2.50. The van der Waals surface area contributed by atoms with Crippen LogP contribution in [0, 0.1) is 11.3 Å². The zero-order valence-corrected chi connectivity index (χ0v) is 14.1. The molecule has 1 aliphatic rings. The van der Waals surface area contributed by atoms with E-state index in [1.807, 2.05) is 30.3 Å². The number of rotatable bonds is 4. The summed E-state index contributed by atoms with van der Waals surface area (Å²) in [5, 5.41) is 19.2. The molecule has 4 heteroatoms. The van der Waals surface area contributed by atoms with Crippen LogP contribution >= 0.6 is 0 Å². The zero-order valence-electron chi connectivity index (χ0n) is 14.1. The van der Waals surface area contributed by atoms with Gasteiger partial charge in [-0.1, -0.05) is 32.0 Å². The summed E-state index contributed by atoms with van der Waals surface area (Å²) in [5.41, 5.74) is 2.30. The highest BCUT2D eigenvalue weighted by Gasteiger charge is 2.37. The standard InChI is InChI=1S/C20H22N2O2/c1-3-20(4-2)14-22(13-16-8-6-5-7-15(16)12-21)18-11-17(23)9-10-19(18)24-20/h5-11,23H,3-4,13-14H2,1-2H3. The normalized spacial score (nSPS) is 15.3. The third-order valence-corrected chi connectivity index (χ3v) is 4.88. The molecule has 24 heavy (non-hydrogen) atoms. The summed E-state index contributed by atoms with van der Waals surface area (Å²) in [5.74, 6) is 1.01. The van der Waals surface area contributed by atoms with E-state index in [2.05, 4.69) is 24.8 Å². The molecule has 0 saturated heterocycles. The minimum Gasteiger partial charge on any atom is -0.508 e. The molecule has 0 atom stereocenters. The molecular weight excluding hydrogens is 300 g/mol. The van der Waals surface area contributed by atoms with E-state index in [-0.39, 0.29) is 11.4 Å². The molecule has 1 aliphatic heterocycles. The molecule has 0 aromatic heterocycles. The largest absolute Gasteiger partial charge is 0.508 e. The second-order valence-electron chi connectivity index (χ2n) is 6.27. The zero-order chi connectivity index (χ0) is 17.2. The Bertz CT molecular complexity index is 775. The number of anilines is 1. The third kappa shape index (κ3) is 2.90. The van der Waals surface area contributed by atoms with Gasteiger partial charge in [-0.3, -0.25) is 0 Å². The molecule has 0 bridgehead atoms. The maximum Gasteiger partial charge on any atom is 0.143 e. The quantitative estimate of drug-likeness (QED) is 0.915. The van der Waals surface area contributed by atoms with Crippen LogP contribution in [0.5, 0.6) is 11.5 Å². The van der Waals surface area contributed by atoms with Gasteiger partial charge in [-0.2, -0.15) is 5.26 Å². The van der Waals surface area contributed by atoms with Gasteiger partial charge < -0.3 is 14.7 Å². The number of benzene rings is 2. The van der Waals surface area contributed by atoms with E-state index in [0.717, 1.165) is 36.4 Å². The minimum atomic E-state index is -0.244. The highest BCUT2D eigenvalue weighted by molar-refractivity contribution is 5.64. The fourth-order valence-electron chi connectivity index (χ4n) is 3.27. The molecule has 0 saturated carbocycles. The Morgan fingerprint density at radius 2 is 1.96 bits per heavy atom. The molecule has 0 aliphatic carbocycles. The van der Waals surface area contributed by atoms with Crippen molar-refractivity contribution in [2.75, 3.05) is 11.4 Å². The van der Waals surface area contributed by atoms with Gasteiger partial charge in [0.25, 0.3) is 0 Å². The number of hydrogen-bond donors (Lipinski definition) is 1. The van der Waals surface area contributed by atoms with E-state index in [0.29, 0.717) is 12.1 Å². The molecule has 4 nitrogen and oxygen atoms in total. The minimum absolute atomic E-state index is 0.219. The van der Waals surface area contributed by atoms with E-state index in [9.17, 15) is 10.4 Å². The molecule has 0 amide bonds. The lowest BCUT2D eigenvalue weighted by molar-refractivity contribution is 0.0569. The summed E-state index contributed by atoms with van der Waals surface area (Å²) < 4.78 is 6.28. The van der Waals surface area contributed by atoms with Crippen molar-refractivity contribution in [1.29, 1.82) is 5.26 Å². The molecule has 0 unspecified atom stereocenters. The molecule has 2 aromatic rings. The molecule has 0 spiro atoms. The molecule has 1 heterocycles. The van der Waals surface area contributed by atoms with Crippen LogP contribution in [0.1, 0.15) is 37.8 Å². The maximum absolute atomic E-state index is 9.88. The lowest BCUT2D eigenvalue weighted by atomic mass is 9.93. The molecule has 0 fully saturated rings. The number of nitriles is 1. The first-order valence-corrected chi connectivity index (χ1v) is 8.36. The van der Waals surface area contributed by atoms with E-state index < -0.39 is 0 Å². The molecular formula is C20H22N2O2. The van der Waals surface area contributed by atoms with Crippen LogP contribution in [-0.2, 0) is 6.54 Å². The van der Waals surface area contributed by atoms with Gasteiger partial charge in [0, 0.05) is 12.6 Å². The molecule has 1 N–H and O–H groups in total. The van der Waals surface area contributed by atoms with Gasteiger partial charge in [-0.25, -0.2) is 0 Å². The topological polar surface area (TPSA) is 56.5 Å². The lowest BCUT2D eigenvalue weighted by Gasteiger charge is -2.44. The third-order valence-electron chi connectivity index (χ3n) is 4.88. The predicted molar refractivity (Wildman–Crippen MR) is 94.3 cm³/mol. The number of nitrogens with zero attached hydrogens (tertiary/aromatic N) is 2. The van der Waals surface area contributed by atoms with E-state index in [1.54, 1.807) is 12.1 Å². The van der Waals surface area contributed by atoms with Gasteiger partial charge in [0.15, 0.2) is 0 Å². The van der Waals surface area contributed by atoms with Gasteiger partial charge >= 0.3 is 0 Å². The van der Waals surface area contributed by atoms with Crippen LogP contribution < -0.4 is 9.64 Å². The van der Waals surface area contributed by atoms with Gasteiger partial charge in [-0.15, -0.1) is 0 Å². The van der Waals surface area contributed by atoms with Crippen molar-refractivity contribution in [2.45, 2.75) is 38.8 Å². The SMILES string of the molecule is CCC1(CC)CN(Cc2ccccc2C#N)c2cc(O)ccc2O1. The number of hydrogen-bond acceptors (Lipinski definition) is 4. The monoisotopic (exact) mass is 322 g/mol. The molecule has 0 radical (unpaired) electrons. The Morgan fingerprint density at radius 3 is 2.67 bits per heavy atom. The van der Waals surface area contributed by atoms with Crippen molar-refractivity contribution in [2.24, 2.45) is 0 Å². The van der Waals surface area contributed by atoms with Crippen LogP contribution in [0.25, 0.3) is 0 Å². The molecule has 2 aromatic carbocycles. The van der Waals surface area contributed by atoms with Crippen molar-refractivity contribution in [1.82, 2.24) is 0 Å². The maximum atomic E-state index is 9.88. The van der Waals surface area contributed by atoms with Crippen LogP contribution in [0.4, 0.5) is 5.69 Å². The number of aromatic hydroxyl groups is 1. The Morgan fingerprint density at radius 1 is 1.21 bits per heavy atom. The van der Waals surface area contributed by atoms with Crippen molar-refractivity contribution in [3.8, 4) is 17.6 Å². The van der Waals surface area contributed by atoms with Gasteiger partial charge in [0.2, 0.25) is 0 Å². The summed E-state index contributed by atoms with van der Waals surface area (Å²) >= 11 is 0. The number of phenols is 1. The predicted octanol–water partition coefficient (Wildman–Crippen LogP) is 4.22. The Kier molecular flexibility index (Phi) is 4.35. The Labute approximate surface area is 142 Å². The van der Waals surface area contributed by atoms with E-state index >= 15 is 0 Å².